The van der Waals surface area contributed by atoms with Gasteiger partial charge in [0.1, 0.15) is 18.3 Å². The Morgan fingerprint density at radius 2 is 1.50 bits per heavy atom. The fourth-order valence-electron chi connectivity index (χ4n) is 11.9. The lowest BCUT2D eigenvalue weighted by Gasteiger charge is -2.70. The molecule has 0 aromatic rings. The van der Waals surface area contributed by atoms with Gasteiger partial charge >= 0.3 is 11.9 Å². The Labute approximate surface area is 271 Å². The van der Waals surface area contributed by atoms with Crippen molar-refractivity contribution in [3.8, 4) is 0 Å². The van der Waals surface area contributed by atoms with Crippen molar-refractivity contribution in [3.63, 3.8) is 0 Å². The molecule has 10 heteroatoms. The lowest BCUT2D eigenvalue weighted by molar-refractivity contribution is -0.323. The van der Waals surface area contributed by atoms with E-state index < -0.39 is 59.6 Å². The number of aliphatic hydroxyl groups excluding tert-OH is 3. The third-order valence-electron chi connectivity index (χ3n) is 15.1. The second-order valence-corrected chi connectivity index (χ2v) is 17.8. The summed E-state index contributed by atoms with van der Waals surface area (Å²) in [6.07, 6.45) is 0.183. The van der Waals surface area contributed by atoms with E-state index in [2.05, 4.69) is 41.5 Å². The van der Waals surface area contributed by atoms with Gasteiger partial charge in [-0.05, 0) is 110 Å². The molecule has 1 heterocycles. The SMILES string of the molecule is CC1(C)C2CC[C@]3(C)C(C(=O)C=C4C5C[C@@](C)(C(=O)O)CC[C@]5(C)CC[C@]43C)[C@@]2(C)CC[C@@H]1O[C@@H]1O[C@H](C(=O)O)[C@@H](O)[C@H](O)[C@H]1O. The van der Waals surface area contributed by atoms with Gasteiger partial charge in [0.25, 0.3) is 0 Å². The molecule has 1 aliphatic heterocycles. The van der Waals surface area contributed by atoms with Gasteiger partial charge in [0, 0.05) is 5.92 Å². The summed E-state index contributed by atoms with van der Waals surface area (Å²) in [6, 6.07) is 0. The minimum atomic E-state index is -1.79. The molecule has 0 bridgehead atoms. The van der Waals surface area contributed by atoms with E-state index in [1.54, 1.807) is 0 Å². The molecule has 10 nitrogen and oxygen atoms in total. The van der Waals surface area contributed by atoms with Crippen molar-refractivity contribution in [2.24, 2.45) is 50.2 Å². The molecule has 6 rings (SSSR count). The molecule has 1 saturated heterocycles. The highest BCUT2D eigenvalue weighted by Gasteiger charge is 2.70. The Kier molecular flexibility index (Phi) is 7.82. The Bertz CT molecular complexity index is 1340. The second-order valence-electron chi connectivity index (χ2n) is 17.8. The highest BCUT2D eigenvalue weighted by molar-refractivity contribution is 5.95. The molecule has 5 fully saturated rings. The zero-order chi connectivity index (χ0) is 34.0. The Morgan fingerprint density at radius 1 is 0.848 bits per heavy atom. The van der Waals surface area contributed by atoms with Gasteiger partial charge in [0.05, 0.1) is 11.5 Å². The molecule has 14 atom stereocenters. The van der Waals surface area contributed by atoms with Crippen LogP contribution < -0.4 is 0 Å². The summed E-state index contributed by atoms with van der Waals surface area (Å²) in [5, 5.41) is 50.9. The average Bonchev–Trinajstić information content (AvgIpc) is 2.96. The lowest BCUT2D eigenvalue weighted by atomic mass is 9.33. The molecule has 0 aromatic heterocycles. The number of aliphatic hydroxyl groups is 3. The fourth-order valence-corrected chi connectivity index (χ4v) is 11.9. The van der Waals surface area contributed by atoms with Crippen LogP contribution >= 0.6 is 0 Å². The number of ether oxygens (including phenoxy) is 2. The van der Waals surface area contributed by atoms with E-state index in [0.717, 1.165) is 32.1 Å². The summed E-state index contributed by atoms with van der Waals surface area (Å²) in [4.78, 5) is 38.7. The Hall–Kier alpha value is -1.85. The normalized spacial score (nSPS) is 53.1. The number of hydrogen-bond acceptors (Lipinski definition) is 8. The van der Waals surface area contributed by atoms with Gasteiger partial charge in [-0.3, -0.25) is 9.59 Å². The van der Waals surface area contributed by atoms with Crippen LogP contribution in [-0.4, -0.2) is 80.1 Å². The molecule has 5 N–H and O–H groups in total. The van der Waals surface area contributed by atoms with Crippen molar-refractivity contribution in [2.75, 3.05) is 0 Å². The highest BCUT2D eigenvalue weighted by Crippen LogP contribution is 2.75. The molecule has 4 saturated carbocycles. The molecule has 5 aliphatic carbocycles. The molecule has 0 amide bonds. The standard InChI is InChI=1S/C36H54O10/c1-31(2)21-8-11-36(7)27(34(21,5)10-9-22(31)45-29-25(40)23(38)24(39)26(46-29)28(41)42)20(37)16-18-19-17-33(4,30(43)44)13-12-32(19,3)14-15-35(18,36)6/h16,19,21-27,29,38-40H,8-15,17H2,1-7H3,(H,41,42)(H,43,44)/t19?,21?,22-,23-,24-,25+,26-,27?,29+,32+,33-,34-,35+,36+/m0/s1. The number of carbonyl (C=O) groups is 3. The summed E-state index contributed by atoms with van der Waals surface area (Å²) in [5.74, 6) is -2.15. The van der Waals surface area contributed by atoms with E-state index in [-0.39, 0.29) is 45.2 Å². The zero-order valence-electron chi connectivity index (χ0n) is 28.4. The number of carboxylic acids is 2. The monoisotopic (exact) mass is 646 g/mol. The summed E-state index contributed by atoms with van der Waals surface area (Å²) < 4.78 is 11.8. The van der Waals surface area contributed by atoms with Crippen LogP contribution in [0.25, 0.3) is 0 Å². The van der Waals surface area contributed by atoms with Crippen LogP contribution in [0.4, 0.5) is 0 Å². The molecule has 3 unspecified atom stereocenters. The molecular formula is C36H54O10. The lowest BCUT2D eigenvalue weighted by Crippen LogP contribution is -2.67. The van der Waals surface area contributed by atoms with Crippen molar-refractivity contribution in [1.29, 1.82) is 0 Å². The Morgan fingerprint density at radius 3 is 2.13 bits per heavy atom. The minimum Gasteiger partial charge on any atom is -0.481 e. The van der Waals surface area contributed by atoms with Crippen LogP contribution in [-0.2, 0) is 23.9 Å². The first-order valence-electron chi connectivity index (χ1n) is 17.2. The second kappa shape index (κ2) is 10.6. The van der Waals surface area contributed by atoms with Gasteiger partial charge in [-0.25, -0.2) is 4.79 Å². The summed E-state index contributed by atoms with van der Waals surface area (Å²) in [6.45, 7) is 15.3. The zero-order valence-corrected chi connectivity index (χ0v) is 28.4. The number of aliphatic carboxylic acids is 2. The Balaban J connectivity index is 1.31. The summed E-state index contributed by atoms with van der Waals surface area (Å²) in [5.41, 5.74) is -1.03. The van der Waals surface area contributed by atoms with E-state index in [9.17, 15) is 39.9 Å². The largest absolute Gasteiger partial charge is 0.481 e. The fraction of sp³-hybridized carbons (Fsp3) is 0.861. The maximum absolute atomic E-state index is 14.6. The van der Waals surface area contributed by atoms with E-state index in [0.29, 0.717) is 25.7 Å². The number of hydrogen-bond donors (Lipinski definition) is 5. The van der Waals surface area contributed by atoms with Gasteiger partial charge < -0.3 is 35.0 Å². The van der Waals surface area contributed by atoms with Crippen molar-refractivity contribution in [1.82, 2.24) is 0 Å². The van der Waals surface area contributed by atoms with Gasteiger partial charge in [-0.2, -0.15) is 0 Å². The smallest absolute Gasteiger partial charge is 0.335 e. The predicted molar refractivity (Wildman–Crippen MR) is 166 cm³/mol. The molecule has 0 radical (unpaired) electrons. The van der Waals surface area contributed by atoms with E-state index in [1.807, 2.05) is 13.0 Å². The number of ketones is 1. The highest BCUT2D eigenvalue weighted by atomic mass is 16.7. The summed E-state index contributed by atoms with van der Waals surface area (Å²) >= 11 is 0. The van der Waals surface area contributed by atoms with Crippen molar-refractivity contribution < 1.29 is 49.4 Å². The number of fused-ring (bicyclic) bond motifs is 7. The van der Waals surface area contributed by atoms with Crippen molar-refractivity contribution >= 4 is 17.7 Å². The van der Waals surface area contributed by atoms with Gasteiger partial charge in [0.15, 0.2) is 18.2 Å². The first-order valence-corrected chi connectivity index (χ1v) is 17.2. The molecule has 258 valence electrons. The molecule has 0 aromatic carbocycles. The van der Waals surface area contributed by atoms with Gasteiger partial charge in [-0.1, -0.05) is 47.1 Å². The maximum Gasteiger partial charge on any atom is 0.335 e. The first-order chi connectivity index (χ1) is 21.2. The molecule has 0 spiro atoms. The third kappa shape index (κ3) is 4.49. The maximum atomic E-state index is 14.6. The van der Waals surface area contributed by atoms with Crippen LogP contribution in [0.2, 0.25) is 0 Å². The van der Waals surface area contributed by atoms with E-state index in [1.165, 1.54) is 5.57 Å². The van der Waals surface area contributed by atoms with Crippen LogP contribution in [0.15, 0.2) is 11.6 Å². The minimum absolute atomic E-state index is 0.0166. The van der Waals surface area contributed by atoms with Crippen LogP contribution in [0, 0.1) is 50.2 Å². The van der Waals surface area contributed by atoms with Gasteiger partial charge in [0.2, 0.25) is 0 Å². The quantitative estimate of drug-likeness (QED) is 0.277. The predicted octanol–water partition coefficient (Wildman–Crippen LogP) is 4.33. The summed E-state index contributed by atoms with van der Waals surface area (Å²) in [7, 11) is 0. The van der Waals surface area contributed by atoms with Crippen molar-refractivity contribution in [2.45, 2.75) is 143 Å². The third-order valence-corrected chi connectivity index (χ3v) is 15.1. The van der Waals surface area contributed by atoms with Gasteiger partial charge in [-0.15, -0.1) is 0 Å². The van der Waals surface area contributed by atoms with Crippen LogP contribution in [0.5, 0.6) is 0 Å². The van der Waals surface area contributed by atoms with Crippen LogP contribution in [0.3, 0.4) is 0 Å². The molecule has 46 heavy (non-hydrogen) atoms. The molecular weight excluding hydrogens is 592 g/mol. The van der Waals surface area contributed by atoms with E-state index >= 15 is 0 Å². The average molecular weight is 647 g/mol. The topological polar surface area (TPSA) is 171 Å². The van der Waals surface area contributed by atoms with Crippen LogP contribution in [0.1, 0.15) is 106 Å². The number of carbonyl (C=O) groups excluding carboxylic acids is 1. The van der Waals surface area contributed by atoms with E-state index in [4.69, 9.17) is 9.47 Å². The van der Waals surface area contributed by atoms with Crippen molar-refractivity contribution in [3.05, 3.63) is 11.6 Å². The first kappa shape index (κ1) is 34.0. The number of rotatable bonds is 4. The molecule has 6 aliphatic rings. The number of allylic oxidation sites excluding steroid dienone is 2. The number of carboxylic acid groups (broad SMARTS) is 2.